The summed E-state index contributed by atoms with van der Waals surface area (Å²) in [6.45, 7) is 5.00. The Kier molecular flexibility index (Phi) is 5.48. The van der Waals surface area contributed by atoms with E-state index in [-0.39, 0.29) is 0 Å². The van der Waals surface area contributed by atoms with Crippen molar-refractivity contribution in [2.24, 2.45) is 0 Å². The normalized spacial score (nSPS) is 22.2. The van der Waals surface area contributed by atoms with Gasteiger partial charge in [-0.15, -0.1) is 0 Å². The second-order valence-electron chi connectivity index (χ2n) is 9.15. The number of nitrogens with zero attached hydrogens (tertiary/aromatic N) is 4. The Bertz CT molecular complexity index is 1180. The number of rotatable bonds is 6. The standard InChI is InChI=1S/C25H28ClN5O2/c26-20-6-1-4-16-5-2-7-22(23(16)20)31-10-8-19-21(14-31)28-25(29-24(19)27)32-11-3-9-30-13-18-12-17(30)15-33-18/h1-2,4-7,17-18H,3,8-15H2,(H2,27,28,29)/t17-,18-/m0/s1. The summed E-state index contributed by atoms with van der Waals surface area (Å²) in [6.07, 6.45) is 3.33. The minimum absolute atomic E-state index is 0.371. The van der Waals surface area contributed by atoms with Crippen LogP contribution in [0.3, 0.4) is 0 Å². The van der Waals surface area contributed by atoms with Crippen LogP contribution < -0.4 is 15.4 Å². The van der Waals surface area contributed by atoms with Gasteiger partial charge in [-0.1, -0.05) is 35.9 Å². The largest absolute Gasteiger partial charge is 0.463 e. The lowest BCUT2D eigenvalue weighted by molar-refractivity contribution is 0.0287. The number of nitrogens with two attached hydrogens (primary N) is 1. The van der Waals surface area contributed by atoms with Crippen molar-refractivity contribution >= 4 is 33.9 Å². The lowest BCUT2D eigenvalue weighted by Crippen LogP contribution is -2.38. The maximum Gasteiger partial charge on any atom is 0.318 e. The van der Waals surface area contributed by atoms with Crippen molar-refractivity contribution in [2.75, 3.05) is 43.5 Å². The molecule has 2 atom stereocenters. The van der Waals surface area contributed by atoms with Gasteiger partial charge in [0.05, 0.1) is 36.6 Å². The Morgan fingerprint density at radius 1 is 1.18 bits per heavy atom. The number of benzene rings is 2. The molecule has 0 spiro atoms. The minimum atomic E-state index is 0.371. The van der Waals surface area contributed by atoms with Crippen LogP contribution in [0.2, 0.25) is 5.02 Å². The van der Waals surface area contributed by atoms with Crippen molar-refractivity contribution in [3.05, 3.63) is 52.7 Å². The first kappa shape index (κ1) is 21.0. The molecule has 3 aromatic rings. The lowest BCUT2D eigenvalue weighted by atomic mass is 10.0. The molecule has 8 heteroatoms. The van der Waals surface area contributed by atoms with Gasteiger partial charge in [0.1, 0.15) is 5.82 Å². The second kappa shape index (κ2) is 8.63. The molecule has 0 aliphatic carbocycles. The Balaban J connectivity index is 1.15. The minimum Gasteiger partial charge on any atom is -0.463 e. The van der Waals surface area contributed by atoms with Crippen LogP contribution in [0.5, 0.6) is 6.01 Å². The highest BCUT2D eigenvalue weighted by Crippen LogP contribution is 2.36. The Hall–Kier alpha value is -2.61. The quantitative estimate of drug-likeness (QED) is 0.556. The fraction of sp³-hybridized carbons (Fsp3) is 0.440. The van der Waals surface area contributed by atoms with Gasteiger partial charge in [-0.2, -0.15) is 9.97 Å². The topological polar surface area (TPSA) is 76.7 Å². The lowest BCUT2D eigenvalue weighted by Gasteiger charge is -2.31. The van der Waals surface area contributed by atoms with Gasteiger partial charge >= 0.3 is 6.01 Å². The van der Waals surface area contributed by atoms with Crippen LogP contribution in [0.1, 0.15) is 24.1 Å². The molecule has 6 rings (SSSR count). The van der Waals surface area contributed by atoms with Gasteiger partial charge in [-0.05, 0) is 36.8 Å². The summed E-state index contributed by atoms with van der Waals surface area (Å²) in [5.74, 6) is 0.527. The van der Waals surface area contributed by atoms with Crippen LogP contribution in [-0.4, -0.2) is 59.9 Å². The van der Waals surface area contributed by atoms with Gasteiger partial charge in [0.15, 0.2) is 0 Å². The number of ether oxygens (including phenoxy) is 2. The van der Waals surface area contributed by atoms with Gasteiger partial charge in [-0.3, -0.25) is 4.90 Å². The van der Waals surface area contributed by atoms with Crippen LogP contribution >= 0.6 is 11.6 Å². The van der Waals surface area contributed by atoms with Crippen molar-refractivity contribution in [1.82, 2.24) is 14.9 Å². The van der Waals surface area contributed by atoms with Crippen molar-refractivity contribution in [1.29, 1.82) is 0 Å². The third kappa shape index (κ3) is 3.98. The van der Waals surface area contributed by atoms with Crippen molar-refractivity contribution in [2.45, 2.75) is 38.0 Å². The highest BCUT2D eigenvalue weighted by atomic mass is 35.5. The number of hydrogen-bond acceptors (Lipinski definition) is 7. The van der Waals surface area contributed by atoms with E-state index in [1.165, 1.54) is 6.42 Å². The highest BCUT2D eigenvalue weighted by Gasteiger charge is 2.38. The van der Waals surface area contributed by atoms with Crippen LogP contribution in [0.15, 0.2) is 36.4 Å². The molecular formula is C25H28ClN5O2. The summed E-state index contributed by atoms with van der Waals surface area (Å²) >= 11 is 6.57. The zero-order valence-electron chi connectivity index (χ0n) is 18.5. The maximum absolute atomic E-state index is 6.57. The average molecular weight is 466 g/mol. The Labute approximate surface area is 198 Å². The number of morpholine rings is 1. The SMILES string of the molecule is Nc1nc(OCCCN2C[C@@H]3C[C@H]2CO3)nc2c1CCN(c1cccc3cccc(Cl)c13)C2. The van der Waals surface area contributed by atoms with Gasteiger partial charge in [0, 0.05) is 42.3 Å². The Morgan fingerprint density at radius 3 is 2.88 bits per heavy atom. The number of halogens is 1. The molecule has 2 aromatic carbocycles. The van der Waals surface area contributed by atoms with E-state index in [9.17, 15) is 0 Å². The molecule has 33 heavy (non-hydrogen) atoms. The summed E-state index contributed by atoms with van der Waals surface area (Å²) < 4.78 is 11.6. The van der Waals surface area contributed by atoms with Crippen LogP contribution in [-0.2, 0) is 17.7 Å². The van der Waals surface area contributed by atoms with E-state index in [1.807, 2.05) is 12.1 Å². The molecule has 3 aliphatic heterocycles. The molecule has 2 fully saturated rings. The van der Waals surface area contributed by atoms with E-state index in [1.54, 1.807) is 0 Å². The predicted molar refractivity (Wildman–Crippen MR) is 130 cm³/mol. The van der Waals surface area contributed by atoms with E-state index in [4.69, 9.17) is 31.8 Å². The number of aromatic nitrogens is 2. The second-order valence-corrected chi connectivity index (χ2v) is 9.55. The monoisotopic (exact) mass is 465 g/mol. The number of likely N-dealkylation sites (tertiary alicyclic amines) is 1. The molecule has 0 radical (unpaired) electrons. The molecule has 2 saturated heterocycles. The summed E-state index contributed by atoms with van der Waals surface area (Å²) in [5.41, 5.74) is 9.37. The van der Waals surface area contributed by atoms with E-state index in [0.717, 1.165) is 71.8 Å². The molecule has 3 aliphatic rings. The van der Waals surface area contributed by atoms with E-state index < -0.39 is 0 Å². The van der Waals surface area contributed by atoms with Crippen LogP contribution in [0, 0.1) is 0 Å². The Morgan fingerprint density at radius 2 is 2.06 bits per heavy atom. The molecule has 0 amide bonds. The fourth-order valence-electron chi connectivity index (χ4n) is 5.43. The van der Waals surface area contributed by atoms with Gasteiger partial charge < -0.3 is 20.1 Å². The average Bonchev–Trinajstić information content (AvgIpc) is 3.45. The first-order valence-electron chi connectivity index (χ1n) is 11.7. The zero-order chi connectivity index (χ0) is 22.4. The van der Waals surface area contributed by atoms with E-state index >= 15 is 0 Å². The fourth-order valence-corrected chi connectivity index (χ4v) is 5.71. The molecular weight excluding hydrogens is 438 g/mol. The number of fused-ring (bicyclic) bond motifs is 4. The molecule has 0 saturated carbocycles. The van der Waals surface area contributed by atoms with Crippen molar-refractivity contribution < 1.29 is 9.47 Å². The van der Waals surface area contributed by atoms with Gasteiger partial charge in [0.2, 0.25) is 0 Å². The number of nitrogen functional groups attached to an aromatic ring is 1. The number of hydrogen-bond donors (Lipinski definition) is 1. The molecule has 2 bridgehead atoms. The highest BCUT2D eigenvalue weighted by molar-refractivity contribution is 6.36. The first-order chi connectivity index (χ1) is 16.2. The molecule has 4 heterocycles. The summed E-state index contributed by atoms with van der Waals surface area (Å²) in [4.78, 5) is 14.0. The van der Waals surface area contributed by atoms with Crippen molar-refractivity contribution in [3.63, 3.8) is 0 Å². The molecule has 0 unspecified atom stereocenters. The molecule has 2 N–H and O–H groups in total. The molecule has 172 valence electrons. The van der Waals surface area contributed by atoms with Crippen LogP contribution in [0.25, 0.3) is 10.8 Å². The van der Waals surface area contributed by atoms with Gasteiger partial charge in [0.25, 0.3) is 0 Å². The van der Waals surface area contributed by atoms with E-state index in [0.29, 0.717) is 37.1 Å². The molecule has 1 aromatic heterocycles. The van der Waals surface area contributed by atoms with Crippen LogP contribution in [0.4, 0.5) is 11.5 Å². The number of anilines is 2. The smallest absolute Gasteiger partial charge is 0.318 e. The summed E-state index contributed by atoms with van der Waals surface area (Å²) in [6, 6.07) is 13.3. The predicted octanol–water partition coefficient (Wildman–Crippen LogP) is 3.67. The first-order valence-corrected chi connectivity index (χ1v) is 12.1. The molecule has 7 nitrogen and oxygen atoms in total. The van der Waals surface area contributed by atoms with Gasteiger partial charge in [-0.25, -0.2) is 0 Å². The van der Waals surface area contributed by atoms with E-state index in [2.05, 4.69) is 39.0 Å². The van der Waals surface area contributed by atoms with Crippen molar-refractivity contribution in [3.8, 4) is 6.01 Å². The third-order valence-electron chi connectivity index (χ3n) is 7.08. The summed E-state index contributed by atoms with van der Waals surface area (Å²) in [7, 11) is 0. The zero-order valence-corrected chi connectivity index (χ0v) is 19.3. The maximum atomic E-state index is 6.57. The summed E-state index contributed by atoms with van der Waals surface area (Å²) in [5, 5.41) is 2.97. The third-order valence-corrected chi connectivity index (χ3v) is 7.40.